The fourth-order valence-electron chi connectivity index (χ4n) is 4.42. The van der Waals surface area contributed by atoms with Crippen molar-refractivity contribution >= 4 is 28.8 Å². The smallest absolute Gasteiger partial charge is 0.278 e. The van der Waals surface area contributed by atoms with Crippen molar-refractivity contribution in [1.29, 1.82) is 0 Å². The Kier molecular flexibility index (Phi) is 7.63. The van der Waals surface area contributed by atoms with Crippen LogP contribution in [0.15, 0.2) is 54.2 Å². The number of imide groups is 1. The molecule has 2 amide bonds. The highest BCUT2D eigenvalue weighted by atomic mass is 19.1. The van der Waals surface area contributed by atoms with Crippen molar-refractivity contribution in [3.05, 3.63) is 65.6 Å². The molecule has 1 N–H and O–H groups in total. The van der Waals surface area contributed by atoms with Gasteiger partial charge in [-0.1, -0.05) is 19.1 Å². The Morgan fingerprint density at radius 1 is 1.00 bits per heavy atom. The summed E-state index contributed by atoms with van der Waals surface area (Å²) in [6, 6.07) is 13.6. The summed E-state index contributed by atoms with van der Waals surface area (Å²) in [5.74, 6) is -0.395. The molecule has 2 heterocycles. The van der Waals surface area contributed by atoms with Crippen molar-refractivity contribution in [3.8, 4) is 0 Å². The normalized spacial score (nSPS) is 17.1. The molecule has 7 heteroatoms. The van der Waals surface area contributed by atoms with Crippen LogP contribution in [0.4, 0.5) is 15.8 Å². The molecule has 0 atom stereocenters. The lowest BCUT2D eigenvalue weighted by Gasteiger charge is -2.32. The summed E-state index contributed by atoms with van der Waals surface area (Å²) in [6.45, 7) is 7.59. The van der Waals surface area contributed by atoms with Crippen molar-refractivity contribution in [2.45, 2.75) is 33.1 Å². The number of hydrogen-bond donors (Lipinski definition) is 1. The van der Waals surface area contributed by atoms with E-state index in [1.807, 2.05) is 31.2 Å². The molecule has 6 nitrogen and oxygen atoms in total. The van der Waals surface area contributed by atoms with Crippen LogP contribution in [0.2, 0.25) is 0 Å². The maximum absolute atomic E-state index is 13.5. The number of hydrogen-bond acceptors (Lipinski definition) is 5. The van der Waals surface area contributed by atoms with Crippen molar-refractivity contribution < 1.29 is 18.7 Å². The van der Waals surface area contributed by atoms with E-state index in [-0.39, 0.29) is 29.6 Å². The lowest BCUT2D eigenvalue weighted by Crippen LogP contribution is -2.34. The number of rotatable bonds is 9. The van der Waals surface area contributed by atoms with Crippen molar-refractivity contribution in [2.75, 3.05) is 43.1 Å². The van der Waals surface area contributed by atoms with Gasteiger partial charge in [0.25, 0.3) is 11.8 Å². The zero-order valence-corrected chi connectivity index (χ0v) is 19.9. The second kappa shape index (κ2) is 10.8. The van der Waals surface area contributed by atoms with E-state index in [0.29, 0.717) is 25.2 Å². The Balaban J connectivity index is 1.56. The van der Waals surface area contributed by atoms with Gasteiger partial charge in [-0.15, -0.1) is 0 Å². The molecule has 2 aliphatic rings. The van der Waals surface area contributed by atoms with Crippen LogP contribution in [-0.2, 0) is 14.3 Å². The number of amides is 2. The molecule has 0 spiro atoms. The van der Waals surface area contributed by atoms with Crippen LogP contribution in [0, 0.1) is 11.7 Å². The topological polar surface area (TPSA) is 61.9 Å². The molecule has 1 saturated heterocycles. The van der Waals surface area contributed by atoms with Crippen LogP contribution < -0.4 is 10.2 Å². The zero-order chi connectivity index (χ0) is 24.1. The van der Waals surface area contributed by atoms with Crippen LogP contribution >= 0.6 is 0 Å². The Morgan fingerprint density at radius 3 is 2.32 bits per heavy atom. The number of carbonyl (C=O) groups excluding carboxylic acids is 2. The molecule has 1 fully saturated rings. The summed E-state index contributed by atoms with van der Waals surface area (Å²) in [4.78, 5) is 30.1. The van der Waals surface area contributed by atoms with Crippen LogP contribution in [0.5, 0.6) is 0 Å². The highest BCUT2D eigenvalue weighted by Gasteiger charge is 2.38. The lowest BCUT2D eigenvalue weighted by molar-refractivity contribution is -0.137. The molecule has 0 bridgehead atoms. The number of halogens is 1. The molecule has 180 valence electrons. The molecule has 2 aromatic carbocycles. The molecule has 0 aliphatic carbocycles. The molecule has 4 rings (SSSR count). The van der Waals surface area contributed by atoms with Gasteiger partial charge in [-0.2, -0.15) is 0 Å². The first-order chi connectivity index (χ1) is 16.5. The first kappa shape index (κ1) is 24.0. The SMILES string of the molecule is CCOCCCN1C(=O)C(Nc2ccc(N3CCC(C)CC3)cc2)=C(c2ccc(F)cc2)C1=O. The predicted octanol–water partition coefficient (Wildman–Crippen LogP) is 4.68. The van der Waals surface area contributed by atoms with Crippen LogP contribution in [0.3, 0.4) is 0 Å². The number of nitrogens with zero attached hydrogens (tertiary/aromatic N) is 2. The highest BCUT2D eigenvalue weighted by molar-refractivity contribution is 6.36. The minimum absolute atomic E-state index is 0.215. The van der Waals surface area contributed by atoms with E-state index in [9.17, 15) is 14.0 Å². The number of anilines is 2. The minimum Gasteiger partial charge on any atom is -0.382 e. The van der Waals surface area contributed by atoms with Crippen LogP contribution in [-0.4, -0.2) is 49.6 Å². The van der Waals surface area contributed by atoms with Gasteiger partial charge in [0.1, 0.15) is 11.5 Å². The highest BCUT2D eigenvalue weighted by Crippen LogP contribution is 2.31. The van der Waals surface area contributed by atoms with Gasteiger partial charge in [0.05, 0.1) is 5.57 Å². The molecular formula is C27H32FN3O3. The largest absolute Gasteiger partial charge is 0.382 e. The number of carbonyl (C=O) groups is 2. The Bertz CT molecular complexity index is 1040. The lowest BCUT2D eigenvalue weighted by atomic mass is 9.99. The van der Waals surface area contributed by atoms with Gasteiger partial charge in [-0.3, -0.25) is 14.5 Å². The summed E-state index contributed by atoms with van der Waals surface area (Å²) >= 11 is 0. The monoisotopic (exact) mass is 465 g/mol. The van der Waals surface area contributed by atoms with Gasteiger partial charge < -0.3 is 15.0 Å². The van der Waals surface area contributed by atoms with E-state index < -0.39 is 5.82 Å². The fourth-order valence-corrected chi connectivity index (χ4v) is 4.42. The average Bonchev–Trinajstić information content (AvgIpc) is 3.07. The summed E-state index contributed by atoms with van der Waals surface area (Å²) in [5.41, 5.74) is 2.86. The molecule has 0 radical (unpaired) electrons. The maximum atomic E-state index is 13.5. The zero-order valence-electron chi connectivity index (χ0n) is 19.9. The number of nitrogens with one attached hydrogen (secondary N) is 1. The molecule has 2 aromatic rings. The van der Waals surface area contributed by atoms with Gasteiger partial charge in [-0.25, -0.2) is 4.39 Å². The van der Waals surface area contributed by atoms with Gasteiger partial charge in [0, 0.05) is 44.2 Å². The summed E-state index contributed by atoms with van der Waals surface area (Å²) in [5, 5.41) is 3.18. The maximum Gasteiger partial charge on any atom is 0.278 e. The molecule has 0 saturated carbocycles. The van der Waals surface area contributed by atoms with Crippen molar-refractivity contribution in [2.24, 2.45) is 5.92 Å². The van der Waals surface area contributed by atoms with Crippen molar-refractivity contribution in [3.63, 3.8) is 0 Å². The van der Waals surface area contributed by atoms with E-state index >= 15 is 0 Å². The molecule has 0 unspecified atom stereocenters. The molecular weight excluding hydrogens is 433 g/mol. The number of ether oxygens (including phenoxy) is 1. The van der Waals surface area contributed by atoms with E-state index in [4.69, 9.17) is 4.74 Å². The van der Waals surface area contributed by atoms with Gasteiger partial charge in [0.15, 0.2) is 0 Å². The standard InChI is InChI=1S/C27H32FN3O3/c1-3-34-18-4-15-31-26(32)24(20-5-7-21(28)8-6-20)25(27(31)33)29-22-9-11-23(12-10-22)30-16-13-19(2)14-17-30/h5-12,19,29H,3-4,13-18H2,1-2H3. The molecule has 34 heavy (non-hydrogen) atoms. The van der Waals surface area contributed by atoms with E-state index in [1.165, 1.54) is 42.0 Å². The first-order valence-corrected chi connectivity index (χ1v) is 12.0. The van der Waals surface area contributed by atoms with Crippen LogP contribution in [0.25, 0.3) is 5.57 Å². The van der Waals surface area contributed by atoms with Crippen LogP contribution in [0.1, 0.15) is 38.7 Å². The van der Waals surface area contributed by atoms with Crippen molar-refractivity contribution in [1.82, 2.24) is 4.90 Å². The second-order valence-electron chi connectivity index (χ2n) is 8.91. The second-order valence-corrected chi connectivity index (χ2v) is 8.91. The molecule has 0 aromatic heterocycles. The first-order valence-electron chi connectivity index (χ1n) is 12.0. The minimum atomic E-state index is -0.396. The summed E-state index contributed by atoms with van der Waals surface area (Å²) < 4.78 is 18.9. The molecule has 2 aliphatic heterocycles. The Hall–Kier alpha value is -3.19. The summed E-state index contributed by atoms with van der Waals surface area (Å²) in [7, 11) is 0. The van der Waals surface area contributed by atoms with E-state index in [1.54, 1.807) is 0 Å². The third-order valence-electron chi connectivity index (χ3n) is 6.46. The fraction of sp³-hybridized carbons (Fsp3) is 0.407. The third-order valence-corrected chi connectivity index (χ3v) is 6.46. The number of piperidine rings is 1. The van der Waals surface area contributed by atoms with Gasteiger partial charge >= 0.3 is 0 Å². The quantitative estimate of drug-likeness (QED) is 0.430. The average molecular weight is 466 g/mol. The van der Waals surface area contributed by atoms with E-state index in [0.717, 1.165) is 30.4 Å². The van der Waals surface area contributed by atoms with E-state index in [2.05, 4.69) is 17.1 Å². The number of benzene rings is 2. The Morgan fingerprint density at radius 2 is 1.68 bits per heavy atom. The third kappa shape index (κ3) is 5.30. The Labute approximate surface area is 200 Å². The predicted molar refractivity (Wildman–Crippen MR) is 132 cm³/mol. The van der Waals surface area contributed by atoms with Gasteiger partial charge in [0.2, 0.25) is 0 Å². The summed E-state index contributed by atoms with van der Waals surface area (Å²) in [6.07, 6.45) is 2.92. The van der Waals surface area contributed by atoms with Gasteiger partial charge in [-0.05, 0) is 74.1 Å².